The highest BCUT2D eigenvalue weighted by atomic mass is 32.2. The Morgan fingerprint density at radius 2 is 2.10 bits per heavy atom. The van der Waals surface area contributed by atoms with E-state index in [-0.39, 0.29) is 17.2 Å². The van der Waals surface area contributed by atoms with Gasteiger partial charge in [0, 0.05) is 18.3 Å². The molecule has 1 atom stereocenters. The molecule has 1 heterocycles. The average Bonchev–Trinajstić information content (AvgIpc) is 2.63. The molecule has 1 aromatic carbocycles. The number of nitrogens with zero attached hydrogens (tertiary/aromatic N) is 1. The number of halogens is 1. The number of nitrogens with two attached hydrogens (primary N) is 1. The van der Waals surface area contributed by atoms with Crippen LogP contribution in [0.15, 0.2) is 23.1 Å². The Morgan fingerprint density at radius 1 is 1.35 bits per heavy atom. The van der Waals surface area contributed by atoms with Crippen LogP contribution in [0.1, 0.15) is 25.7 Å². The Balaban J connectivity index is 2.41. The van der Waals surface area contributed by atoms with Gasteiger partial charge in [0.2, 0.25) is 10.0 Å². The van der Waals surface area contributed by atoms with E-state index >= 15 is 0 Å². The fourth-order valence-electron chi connectivity index (χ4n) is 2.50. The Kier molecular flexibility index (Phi) is 4.62. The van der Waals surface area contributed by atoms with Crippen molar-refractivity contribution in [3.05, 3.63) is 24.0 Å². The number of sulfonamides is 1. The van der Waals surface area contributed by atoms with Gasteiger partial charge >= 0.3 is 0 Å². The van der Waals surface area contributed by atoms with Gasteiger partial charge in [-0.05, 0) is 31.0 Å². The van der Waals surface area contributed by atoms with Gasteiger partial charge in [0.05, 0.1) is 6.61 Å². The monoisotopic (exact) mass is 302 g/mol. The molecule has 5 nitrogen and oxygen atoms in total. The van der Waals surface area contributed by atoms with E-state index in [2.05, 4.69) is 0 Å². The molecule has 0 radical (unpaired) electrons. The maximum Gasteiger partial charge on any atom is 0.246 e. The lowest BCUT2D eigenvalue weighted by atomic mass is 10.1. The molecule has 2 rings (SSSR count). The number of aliphatic hydroxyl groups is 1. The Morgan fingerprint density at radius 3 is 2.75 bits per heavy atom. The van der Waals surface area contributed by atoms with Gasteiger partial charge in [0.1, 0.15) is 10.7 Å². The number of aliphatic hydroxyl groups excluding tert-OH is 1. The number of benzene rings is 1. The zero-order valence-corrected chi connectivity index (χ0v) is 11.9. The molecule has 0 spiro atoms. The first-order valence-electron chi connectivity index (χ1n) is 6.64. The van der Waals surface area contributed by atoms with Crippen molar-refractivity contribution in [2.24, 2.45) is 0 Å². The van der Waals surface area contributed by atoms with Crippen molar-refractivity contribution in [3.8, 4) is 0 Å². The van der Waals surface area contributed by atoms with Crippen molar-refractivity contribution in [3.63, 3.8) is 0 Å². The topological polar surface area (TPSA) is 83.6 Å². The molecule has 0 aromatic heterocycles. The minimum atomic E-state index is -3.95. The van der Waals surface area contributed by atoms with E-state index in [1.54, 1.807) is 0 Å². The van der Waals surface area contributed by atoms with E-state index in [1.165, 1.54) is 16.4 Å². The number of rotatable bonds is 3. The van der Waals surface area contributed by atoms with Crippen LogP contribution in [0, 0.1) is 5.82 Å². The Labute approximate surface area is 118 Å². The van der Waals surface area contributed by atoms with E-state index in [0.717, 1.165) is 18.9 Å². The van der Waals surface area contributed by atoms with Crippen LogP contribution in [0.4, 0.5) is 10.1 Å². The molecule has 112 valence electrons. The molecule has 1 aliphatic heterocycles. The van der Waals surface area contributed by atoms with Crippen molar-refractivity contribution < 1.29 is 17.9 Å². The smallest absolute Gasteiger partial charge is 0.246 e. The lowest BCUT2D eigenvalue weighted by molar-refractivity contribution is 0.186. The average molecular weight is 302 g/mol. The van der Waals surface area contributed by atoms with E-state index < -0.39 is 21.9 Å². The fourth-order valence-corrected chi connectivity index (χ4v) is 4.23. The van der Waals surface area contributed by atoms with Crippen molar-refractivity contribution in [1.82, 2.24) is 4.31 Å². The van der Waals surface area contributed by atoms with E-state index in [0.29, 0.717) is 19.4 Å². The standard InChI is InChI=1S/C13H19FN2O3S/c14-12-8-10(15)5-6-13(12)20(18,19)16-7-3-1-2-4-11(16)9-17/h5-6,8,11,17H,1-4,7,9,15H2. The normalized spacial score (nSPS) is 21.6. The van der Waals surface area contributed by atoms with Crippen LogP contribution < -0.4 is 5.73 Å². The van der Waals surface area contributed by atoms with E-state index in [4.69, 9.17) is 5.73 Å². The minimum absolute atomic E-state index is 0.177. The molecule has 1 unspecified atom stereocenters. The second kappa shape index (κ2) is 6.07. The first kappa shape index (κ1) is 15.2. The summed E-state index contributed by atoms with van der Waals surface area (Å²) < 4.78 is 40.3. The second-order valence-electron chi connectivity index (χ2n) is 4.99. The van der Waals surface area contributed by atoms with Crippen LogP contribution in [0.2, 0.25) is 0 Å². The molecule has 0 aliphatic carbocycles. The summed E-state index contributed by atoms with van der Waals surface area (Å²) >= 11 is 0. The zero-order valence-electron chi connectivity index (χ0n) is 11.1. The highest BCUT2D eigenvalue weighted by Gasteiger charge is 2.33. The molecule has 1 saturated heterocycles. The lowest BCUT2D eigenvalue weighted by Gasteiger charge is -2.27. The molecule has 0 amide bonds. The van der Waals surface area contributed by atoms with Crippen molar-refractivity contribution in [2.75, 3.05) is 18.9 Å². The number of anilines is 1. The van der Waals surface area contributed by atoms with Gasteiger partial charge in [0.15, 0.2) is 0 Å². The molecule has 20 heavy (non-hydrogen) atoms. The predicted molar refractivity (Wildman–Crippen MR) is 74.0 cm³/mol. The van der Waals surface area contributed by atoms with Gasteiger partial charge in [-0.25, -0.2) is 12.8 Å². The third kappa shape index (κ3) is 2.94. The lowest BCUT2D eigenvalue weighted by Crippen LogP contribution is -2.42. The highest BCUT2D eigenvalue weighted by Crippen LogP contribution is 2.27. The molecular formula is C13H19FN2O3S. The van der Waals surface area contributed by atoms with Gasteiger partial charge in [-0.2, -0.15) is 4.31 Å². The maximum absolute atomic E-state index is 13.9. The first-order chi connectivity index (χ1) is 9.46. The van der Waals surface area contributed by atoms with Crippen LogP contribution in [0.3, 0.4) is 0 Å². The first-order valence-corrected chi connectivity index (χ1v) is 8.08. The third-order valence-electron chi connectivity index (χ3n) is 3.58. The molecular weight excluding hydrogens is 283 g/mol. The Bertz CT molecular complexity index is 577. The fraction of sp³-hybridized carbons (Fsp3) is 0.538. The molecule has 0 bridgehead atoms. The van der Waals surface area contributed by atoms with Gasteiger partial charge in [0.25, 0.3) is 0 Å². The molecule has 1 aliphatic rings. The Hall–Kier alpha value is -1.18. The van der Waals surface area contributed by atoms with Gasteiger partial charge in [-0.15, -0.1) is 0 Å². The summed E-state index contributed by atoms with van der Waals surface area (Å²) in [4.78, 5) is -0.382. The molecule has 1 fully saturated rings. The quantitative estimate of drug-likeness (QED) is 0.825. The van der Waals surface area contributed by atoms with Crippen LogP contribution in [0.25, 0.3) is 0 Å². The zero-order chi connectivity index (χ0) is 14.8. The summed E-state index contributed by atoms with van der Waals surface area (Å²) in [6, 6.07) is 3.05. The summed E-state index contributed by atoms with van der Waals surface area (Å²) in [5.74, 6) is -0.856. The van der Waals surface area contributed by atoms with Crippen LogP contribution >= 0.6 is 0 Å². The number of nitrogen functional groups attached to an aromatic ring is 1. The summed E-state index contributed by atoms with van der Waals surface area (Å²) in [5, 5.41) is 9.39. The van der Waals surface area contributed by atoms with Crippen LogP contribution in [-0.4, -0.2) is 37.0 Å². The van der Waals surface area contributed by atoms with Gasteiger partial charge in [-0.1, -0.05) is 12.8 Å². The molecule has 0 saturated carbocycles. The number of hydrogen-bond acceptors (Lipinski definition) is 4. The molecule has 7 heteroatoms. The van der Waals surface area contributed by atoms with Crippen LogP contribution in [-0.2, 0) is 10.0 Å². The summed E-state index contributed by atoms with van der Waals surface area (Å²) in [7, 11) is -3.95. The third-order valence-corrected chi connectivity index (χ3v) is 5.56. The van der Waals surface area contributed by atoms with E-state index in [9.17, 15) is 17.9 Å². The maximum atomic E-state index is 13.9. The molecule has 3 N–H and O–H groups in total. The van der Waals surface area contributed by atoms with Gasteiger partial charge < -0.3 is 10.8 Å². The second-order valence-corrected chi connectivity index (χ2v) is 6.85. The van der Waals surface area contributed by atoms with Crippen molar-refractivity contribution in [1.29, 1.82) is 0 Å². The van der Waals surface area contributed by atoms with Crippen molar-refractivity contribution >= 4 is 15.7 Å². The molecule has 1 aromatic rings. The summed E-state index contributed by atoms with van der Waals surface area (Å²) in [6.07, 6.45) is 3.08. The minimum Gasteiger partial charge on any atom is -0.399 e. The largest absolute Gasteiger partial charge is 0.399 e. The summed E-state index contributed by atoms with van der Waals surface area (Å²) in [5.41, 5.74) is 5.62. The van der Waals surface area contributed by atoms with E-state index in [1.807, 2.05) is 0 Å². The van der Waals surface area contributed by atoms with Crippen LogP contribution in [0.5, 0.6) is 0 Å². The van der Waals surface area contributed by atoms with Crippen molar-refractivity contribution in [2.45, 2.75) is 36.6 Å². The SMILES string of the molecule is Nc1ccc(S(=O)(=O)N2CCCCCC2CO)c(F)c1. The summed E-state index contributed by atoms with van der Waals surface area (Å²) in [6.45, 7) is 0.0488. The number of hydrogen-bond donors (Lipinski definition) is 2. The predicted octanol–water partition coefficient (Wildman–Crippen LogP) is 1.33. The highest BCUT2D eigenvalue weighted by molar-refractivity contribution is 7.89. The van der Waals surface area contributed by atoms with Gasteiger partial charge in [-0.3, -0.25) is 0 Å².